The van der Waals surface area contributed by atoms with Crippen LogP contribution in [0.3, 0.4) is 0 Å². The lowest BCUT2D eigenvalue weighted by atomic mass is 10.1. The van der Waals surface area contributed by atoms with Crippen LogP contribution in [0.1, 0.15) is 49.0 Å². The summed E-state index contributed by atoms with van der Waals surface area (Å²) >= 11 is 0. The third-order valence-electron chi connectivity index (χ3n) is 4.07. The van der Waals surface area contributed by atoms with Crippen LogP contribution in [0.5, 0.6) is 11.5 Å². The highest BCUT2D eigenvalue weighted by molar-refractivity contribution is 5.89. The molecule has 0 aliphatic rings. The molecule has 2 aromatic carbocycles. The molecule has 0 amide bonds. The van der Waals surface area contributed by atoms with Crippen molar-refractivity contribution >= 4 is 5.97 Å². The van der Waals surface area contributed by atoms with Gasteiger partial charge in [-0.15, -0.1) is 0 Å². The van der Waals surface area contributed by atoms with Crippen molar-refractivity contribution in [3.8, 4) is 11.5 Å². The van der Waals surface area contributed by atoms with Crippen molar-refractivity contribution in [2.75, 3.05) is 13.2 Å². The van der Waals surface area contributed by atoms with Crippen molar-refractivity contribution in [3.63, 3.8) is 0 Å². The quantitative estimate of drug-likeness (QED) is 0.550. The molecule has 0 aromatic heterocycles. The third kappa shape index (κ3) is 6.10. The lowest BCUT2D eigenvalue weighted by Gasteiger charge is -2.21. The Kier molecular flexibility index (Phi) is 8.00. The second-order valence-corrected chi connectivity index (χ2v) is 6.20. The van der Waals surface area contributed by atoms with E-state index in [4.69, 9.17) is 14.2 Å². The molecule has 0 aliphatic heterocycles. The van der Waals surface area contributed by atoms with Gasteiger partial charge in [0.2, 0.25) is 0 Å². The summed E-state index contributed by atoms with van der Waals surface area (Å²) in [5.41, 5.74) is 1.64. The fraction of sp³-hybridized carbons (Fsp3) is 0.409. The Labute approximate surface area is 156 Å². The van der Waals surface area contributed by atoms with Crippen molar-refractivity contribution in [2.45, 2.75) is 46.1 Å². The Hall–Kier alpha value is -2.49. The molecule has 0 bridgehead atoms. The number of aryl methyl sites for hydroxylation is 1. The molecule has 1 unspecified atom stereocenters. The number of carbonyl (C=O) groups is 1. The van der Waals surface area contributed by atoms with Gasteiger partial charge in [-0.05, 0) is 62.6 Å². The highest BCUT2D eigenvalue weighted by Gasteiger charge is 2.13. The van der Waals surface area contributed by atoms with E-state index in [-0.39, 0.29) is 12.1 Å². The molecule has 0 fully saturated rings. The van der Waals surface area contributed by atoms with Gasteiger partial charge < -0.3 is 14.2 Å². The van der Waals surface area contributed by atoms with Gasteiger partial charge in [0.1, 0.15) is 24.2 Å². The van der Waals surface area contributed by atoms with E-state index < -0.39 is 0 Å². The summed E-state index contributed by atoms with van der Waals surface area (Å²) in [5, 5.41) is 0. The maximum absolute atomic E-state index is 11.7. The van der Waals surface area contributed by atoms with Crippen LogP contribution < -0.4 is 9.47 Å². The Bertz CT molecular complexity index is 679. The number of unbranched alkanes of at least 4 members (excludes halogenated alkanes) is 1. The molecule has 0 spiro atoms. The monoisotopic (exact) mass is 356 g/mol. The van der Waals surface area contributed by atoms with Crippen LogP contribution in [0, 0.1) is 6.92 Å². The standard InChI is InChI=1S/C22H28O4/c1-4-6-10-20(26-21-11-8-7-9-17(21)3)16-25-19-14-12-18(13-15-19)22(23)24-5-2/h7-9,11-15,20H,4-6,10,16H2,1-3H3. The minimum atomic E-state index is -0.317. The summed E-state index contributed by atoms with van der Waals surface area (Å²) in [5.74, 6) is 1.30. The summed E-state index contributed by atoms with van der Waals surface area (Å²) in [6.45, 7) is 6.83. The molecular weight excluding hydrogens is 328 g/mol. The predicted octanol–water partition coefficient (Wildman–Crippen LogP) is 5.19. The molecule has 0 radical (unpaired) electrons. The topological polar surface area (TPSA) is 44.8 Å². The van der Waals surface area contributed by atoms with Gasteiger partial charge in [-0.1, -0.05) is 31.5 Å². The van der Waals surface area contributed by atoms with Crippen LogP contribution in [0.2, 0.25) is 0 Å². The Balaban J connectivity index is 1.95. The second kappa shape index (κ2) is 10.5. The number of ether oxygens (including phenoxy) is 3. The molecule has 26 heavy (non-hydrogen) atoms. The van der Waals surface area contributed by atoms with Crippen LogP contribution in [0.15, 0.2) is 48.5 Å². The van der Waals surface area contributed by atoms with Crippen molar-refractivity contribution < 1.29 is 19.0 Å². The van der Waals surface area contributed by atoms with Gasteiger partial charge in [0.05, 0.1) is 12.2 Å². The molecule has 0 N–H and O–H groups in total. The zero-order valence-corrected chi connectivity index (χ0v) is 15.9. The molecule has 4 heteroatoms. The minimum absolute atomic E-state index is 0.0132. The average molecular weight is 356 g/mol. The Morgan fingerprint density at radius 1 is 1.04 bits per heavy atom. The van der Waals surface area contributed by atoms with Crippen molar-refractivity contribution in [3.05, 3.63) is 59.7 Å². The van der Waals surface area contributed by atoms with E-state index in [0.717, 1.165) is 30.6 Å². The number of benzene rings is 2. The fourth-order valence-electron chi connectivity index (χ4n) is 2.57. The molecule has 0 saturated heterocycles. The first-order valence-electron chi connectivity index (χ1n) is 9.26. The highest BCUT2D eigenvalue weighted by Crippen LogP contribution is 2.21. The zero-order chi connectivity index (χ0) is 18.8. The zero-order valence-electron chi connectivity index (χ0n) is 15.9. The van der Waals surface area contributed by atoms with E-state index in [0.29, 0.717) is 24.5 Å². The predicted molar refractivity (Wildman–Crippen MR) is 103 cm³/mol. The van der Waals surface area contributed by atoms with Gasteiger partial charge in [-0.2, -0.15) is 0 Å². The molecule has 2 rings (SSSR count). The van der Waals surface area contributed by atoms with Crippen LogP contribution in [0.25, 0.3) is 0 Å². The summed E-state index contributed by atoms with van der Waals surface area (Å²) < 4.78 is 17.0. The first-order chi connectivity index (χ1) is 12.6. The lowest BCUT2D eigenvalue weighted by Crippen LogP contribution is -2.25. The van der Waals surface area contributed by atoms with Crippen molar-refractivity contribution in [2.24, 2.45) is 0 Å². The van der Waals surface area contributed by atoms with Crippen LogP contribution >= 0.6 is 0 Å². The number of para-hydroxylation sites is 1. The number of esters is 1. The maximum Gasteiger partial charge on any atom is 0.338 e. The van der Waals surface area contributed by atoms with E-state index in [9.17, 15) is 4.79 Å². The third-order valence-corrected chi connectivity index (χ3v) is 4.07. The van der Waals surface area contributed by atoms with Gasteiger partial charge >= 0.3 is 5.97 Å². The van der Waals surface area contributed by atoms with Gasteiger partial charge in [0, 0.05) is 0 Å². The number of carbonyl (C=O) groups excluding carboxylic acids is 1. The van der Waals surface area contributed by atoms with E-state index in [1.54, 1.807) is 31.2 Å². The smallest absolute Gasteiger partial charge is 0.338 e. The average Bonchev–Trinajstić information content (AvgIpc) is 2.66. The van der Waals surface area contributed by atoms with Crippen LogP contribution in [-0.2, 0) is 4.74 Å². The lowest BCUT2D eigenvalue weighted by molar-refractivity contribution is 0.0526. The Morgan fingerprint density at radius 3 is 2.42 bits per heavy atom. The molecular formula is C22H28O4. The van der Waals surface area contributed by atoms with Gasteiger partial charge in [0.15, 0.2) is 0 Å². The molecule has 4 nitrogen and oxygen atoms in total. The van der Waals surface area contributed by atoms with Crippen molar-refractivity contribution in [1.29, 1.82) is 0 Å². The second-order valence-electron chi connectivity index (χ2n) is 6.20. The highest BCUT2D eigenvalue weighted by atomic mass is 16.5. The van der Waals surface area contributed by atoms with Gasteiger partial charge in [0.25, 0.3) is 0 Å². The number of hydrogen-bond acceptors (Lipinski definition) is 4. The largest absolute Gasteiger partial charge is 0.490 e. The van der Waals surface area contributed by atoms with E-state index in [1.165, 1.54) is 0 Å². The van der Waals surface area contributed by atoms with Crippen LogP contribution in [-0.4, -0.2) is 25.3 Å². The maximum atomic E-state index is 11.7. The number of rotatable bonds is 10. The minimum Gasteiger partial charge on any atom is -0.490 e. The van der Waals surface area contributed by atoms with E-state index >= 15 is 0 Å². The molecule has 0 aliphatic carbocycles. The summed E-state index contributed by atoms with van der Waals surface area (Å²) in [7, 11) is 0. The van der Waals surface area contributed by atoms with Gasteiger partial charge in [-0.25, -0.2) is 4.79 Å². The Morgan fingerprint density at radius 2 is 1.77 bits per heavy atom. The molecule has 1 atom stereocenters. The number of hydrogen-bond donors (Lipinski definition) is 0. The first kappa shape index (κ1) is 19.8. The van der Waals surface area contributed by atoms with Crippen LogP contribution in [0.4, 0.5) is 0 Å². The molecule has 0 saturated carbocycles. The molecule has 0 heterocycles. The van der Waals surface area contributed by atoms with E-state index in [1.807, 2.05) is 31.2 Å². The SMILES string of the molecule is CCCCC(COc1ccc(C(=O)OCC)cc1)Oc1ccccc1C. The summed E-state index contributed by atoms with van der Waals surface area (Å²) in [6.07, 6.45) is 3.12. The van der Waals surface area contributed by atoms with E-state index in [2.05, 4.69) is 6.92 Å². The van der Waals surface area contributed by atoms with Crippen molar-refractivity contribution in [1.82, 2.24) is 0 Å². The normalized spacial score (nSPS) is 11.7. The summed E-state index contributed by atoms with van der Waals surface area (Å²) in [4.78, 5) is 11.7. The summed E-state index contributed by atoms with van der Waals surface area (Å²) in [6, 6.07) is 15.0. The molecule has 140 valence electrons. The first-order valence-corrected chi connectivity index (χ1v) is 9.26. The fourth-order valence-corrected chi connectivity index (χ4v) is 2.57. The van der Waals surface area contributed by atoms with Gasteiger partial charge in [-0.3, -0.25) is 0 Å². The molecule has 2 aromatic rings.